The van der Waals surface area contributed by atoms with Gasteiger partial charge in [0.2, 0.25) is 5.91 Å². The van der Waals surface area contributed by atoms with Crippen molar-refractivity contribution in [1.82, 2.24) is 4.90 Å². The zero-order chi connectivity index (χ0) is 19.6. The van der Waals surface area contributed by atoms with E-state index in [1.165, 1.54) is 12.1 Å². The zero-order valence-corrected chi connectivity index (χ0v) is 16.2. The van der Waals surface area contributed by atoms with Crippen molar-refractivity contribution in [2.45, 2.75) is 56.6 Å². The Morgan fingerprint density at radius 3 is 2.57 bits per heavy atom. The predicted molar refractivity (Wildman–Crippen MR) is 107 cm³/mol. The minimum Gasteiger partial charge on any atom is -0.389 e. The molecule has 3 atom stereocenters. The largest absolute Gasteiger partial charge is 0.389 e. The van der Waals surface area contributed by atoms with Gasteiger partial charge in [0.15, 0.2) is 0 Å². The van der Waals surface area contributed by atoms with Gasteiger partial charge in [-0.15, -0.1) is 0 Å². The highest BCUT2D eigenvalue weighted by molar-refractivity contribution is 5.77. The first-order valence-corrected chi connectivity index (χ1v) is 10.4. The van der Waals surface area contributed by atoms with Gasteiger partial charge in [-0.25, -0.2) is 4.39 Å². The molecule has 2 aromatic rings. The van der Waals surface area contributed by atoms with Crippen LogP contribution in [-0.4, -0.2) is 28.1 Å². The maximum atomic E-state index is 13.5. The van der Waals surface area contributed by atoms with Gasteiger partial charge in [0.1, 0.15) is 5.82 Å². The van der Waals surface area contributed by atoms with Gasteiger partial charge in [-0.3, -0.25) is 4.79 Å². The number of piperidine rings is 1. The van der Waals surface area contributed by atoms with E-state index in [0.29, 0.717) is 25.8 Å². The normalized spacial score (nSPS) is 27.3. The number of benzene rings is 2. The van der Waals surface area contributed by atoms with E-state index < -0.39 is 5.60 Å². The second kappa shape index (κ2) is 8.04. The van der Waals surface area contributed by atoms with Crippen LogP contribution in [0.15, 0.2) is 54.6 Å². The van der Waals surface area contributed by atoms with E-state index in [9.17, 15) is 14.3 Å². The molecule has 4 rings (SSSR count). The fourth-order valence-electron chi connectivity index (χ4n) is 5.07. The molecule has 1 saturated heterocycles. The molecule has 0 aromatic heterocycles. The number of carbonyl (C=O) groups excluding carboxylic acids is 1. The van der Waals surface area contributed by atoms with Crippen LogP contribution < -0.4 is 0 Å². The number of fused-ring (bicyclic) bond motifs is 1. The fraction of sp³-hybridized carbons (Fsp3) is 0.458. The van der Waals surface area contributed by atoms with Crippen LogP contribution in [0.25, 0.3) is 0 Å². The van der Waals surface area contributed by atoms with E-state index in [0.717, 1.165) is 36.8 Å². The number of carbonyl (C=O) groups is 1. The molecule has 1 amide bonds. The first-order valence-electron chi connectivity index (χ1n) is 10.4. The maximum Gasteiger partial charge on any atom is 0.223 e. The van der Waals surface area contributed by atoms with Crippen LogP contribution in [0.3, 0.4) is 0 Å². The van der Waals surface area contributed by atoms with Gasteiger partial charge < -0.3 is 10.0 Å². The van der Waals surface area contributed by atoms with Crippen LogP contribution in [0.2, 0.25) is 0 Å². The van der Waals surface area contributed by atoms with Gasteiger partial charge in [0.25, 0.3) is 0 Å². The second-order valence-electron chi connectivity index (χ2n) is 8.27. The molecule has 2 aromatic carbocycles. The SMILES string of the molecule is O=C(CCc1ccccc1)N1CC[C@@]2(O)CCCC[C@H]2[C@@H]1c1ccc(F)cc1. The number of hydrogen-bond donors (Lipinski definition) is 1. The van der Waals surface area contributed by atoms with Crippen LogP contribution in [0.1, 0.15) is 55.7 Å². The summed E-state index contributed by atoms with van der Waals surface area (Å²) in [6, 6.07) is 16.3. The van der Waals surface area contributed by atoms with Crippen LogP contribution in [-0.2, 0) is 11.2 Å². The lowest BCUT2D eigenvalue weighted by Crippen LogP contribution is -2.56. The first-order chi connectivity index (χ1) is 13.6. The summed E-state index contributed by atoms with van der Waals surface area (Å²) < 4.78 is 13.5. The molecule has 1 saturated carbocycles. The molecule has 2 fully saturated rings. The number of aryl methyl sites for hydroxylation is 1. The summed E-state index contributed by atoms with van der Waals surface area (Å²) in [4.78, 5) is 15.1. The van der Waals surface area contributed by atoms with Gasteiger partial charge in [-0.05, 0) is 48.9 Å². The second-order valence-corrected chi connectivity index (χ2v) is 8.27. The Hall–Kier alpha value is -2.20. The topological polar surface area (TPSA) is 40.5 Å². The highest BCUT2D eigenvalue weighted by Crippen LogP contribution is 2.49. The van der Waals surface area contributed by atoms with Crippen LogP contribution in [0, 0.1) is 11.7 Å². The van der Waals surface area contributed by atoms with E-state index in [1.807, 2.05) is 35.2 Å². The van der Waals surface area contributed by atoms with Crippen LogP contribution >= 0.6 is 0 Å². The summed E-state index contributed by atoms with van der Waals surface area (Å²) >= 11 is 0. The molecule has 2 aliphatic rings. The van der Waals surface area contributed by atoms with E-state index in [-0.39, 0.29) is 23.7 Å². The van der Waals surface area contributed by atoms with E-state index >= 15 is 0 Å². The van der Waals surface area contributed by atoms with Crippen molar-refractivity contribution in [3.8, 4) is 0 Å². The Morgan fingerprint density at radius 1 is 1.07 bits per heavy atom. The van der Waals surface area contributed by atoms with Crippen molar-refractivity contribution < 1.29 is 14.3 Å². The number of halogens is 1. The first kappa shape index (κ1) is 19.1. The molecule has 0 radical (unpaired) electrons. The number of nitrogens with zero attached hydrogens (tertiary/aromatic N) is 1. The lowest BCUT2D eigenvalue weighted by molar-refractivity contribution is -0.155. The number of amides is 1. The molecular formula is C24H28FNO2. The molecule has 0 spiro atoms. The molecule has 0 unspecified atom stereocenters. The summed E-state index contributed by atoms with van der Waals surface area (Å²) in [5.74, 6) is -0.146. The third kappa shape index (κ3) is 3.83. The van der Waals surface area contributed by atoms with E-state index in [4.69, 9.17) is 0 Å². The van der Waals surface area contributed by atoms with Crippen LogP contribution in [0.5, 0.6) is 0 Å². The molecule has 3 nitrogen and oxygen atoms in total. The van der Waals surface area contributed by atoms with Gasteiger partial charge in [0.05, 0.1) is 11.6 Å². The van der Waals surface area contributed by atoms with Crippen LogP contribution in [0.4, 0.5) is 4.39 Å². The zero-order valence-electron chi connectivity index (χ0n) is 16.2. The van der Waals surface area contributed by atoms with Gasteiger partial charge >= 0.3 is 0 Å². The molecule has 0 bridgehead atoms. The number of rotatable bonds is 4. The highest BCUT2D eigenvalue weighted by atomic mass is 19.1. The molecule has 1 N–H and O–H groups in total. The molecule has 1 aliphatic carbocycles. The van der Waals surface area contributed by atoms with E-state index in [1.54, 1.807) is 12.1 Å². The van der Waals surface area contributed by atoms with Gasteiger partial charge in [-0.1, -0.05) is 55.3 Å². The van der Waals surface area contributed by atoms with Crippen molar-refractivity contribution >= 4 is 5.91 Å². The average molecular weight is 381 g/mol. The standard InChI is InChI=1S/C24H28FNO2/c25-20-12-10-19(11-13-20)23-21-8-4-5-15-24(21,28)16-17-26(23)22(27)14-9-18-6-2-1-3-7-18/h1-3,6-7,10-13,21,23,28H,4-5,8-9,14-17H2/t21-,23-,24-/m0/s1. The third-order valence-electron chi connectivity index (χ3n) is 6.57. The molecular weight excluding hydrogens is 353 g/mol. The summed E-state index contributed by atoms with van der Waals surface area (Å²) in [5, 5.41) is 11.3. The van der Waals surface area contributed by atoms with Crippen molar-refractivity contribution in [1.29, 1.82) is 0 Å². The minimum absolute atomic E-state index is 0.0149. The molecule has 4 heteroatoms. The Morgan fingerprint density at radius 2 is 1.82 bits per heavy atom. The smallest absolute Gasteiger partial charge is 0.223 e. The fourth-order valence-corrected chi connectivity index (χ4v) is 5.07. The van der Waals surface area contributed by atoms with Gasteiger partial charge in [-0.2, -0.15) is 0 Å². The lowest BCUT2D eigenvalue weighted by Gasteiger charge is -2.52. The highest BCUT2D eigenvalue weighted by Gasteiger charge is 2.49. The molecule has 1 heterocycles. The Kier molecular flexibility index (Phi) is 5.49. The molecule has 148 valence electrons. The average Bonchev–Trinajstić information content (AvgIpc) is 2.72. The van der Waals surface area contributed by atoms with Crippen molar-refractivity contribution in [2.75, 3.05) is 6.54 Å². The van der Waals surface area contributed by atoms with Gasteiger partial charge in [0, 0.05) is 18.9 Å². The number of hydrogen-bond acceptors (Lipinski definition) is 2. The van der Waals surface area contributed by atoms with E-state index in [2.05, 4.69) is 0 Å². The quantitative estimate of drug-likeness (QED) is 0.837. The monoisotopic (exact) mass is 381 g/mol. The van der Waals surface area contributed by atoms with Crippen molar-refractivity contribution in [2.24, 2.45) is 5.92 Å². The summed E-state index contributed by atoms with van der Waals surface area (Å²) in [6.07, 6.45) is 5.59. The van der Waals surface area contributed by atoms with Crippen molar-refractivity contribution in [3.63, 3.8) is 0 Å². The summed E-state index contributed by atoms with van der Waals surface area (Å²) in [5.41, 5.74) is 1.37. The number of aliphatic hydroxyl groups is 1. The lowest BCUT2D eigenvalue weighted by atomic mass is 9.66. The minimum atomic E-state index is -0.715. The summed E-state index contributed by atoms with van der Waals surface area (Å²) in [7, 11) is 0. The third-order valence-corrected chi connectivity index (χ3v) is 6.57. The maximum absolute atomic E-state index is 13.5. The number of likely N-dealkylation sites (tertiary alicyclic amines) is 1. The molecule has 1 aliphatic heterocycles. The Labute approximate surface area is 166 Å². The van der Waals surface area contributed by atoms with Crippen molar-refractivity contribution in [3.05, 3.63) is 71.5 Å². The Balaban J connectivity index is 1.58. The molecule has 28 heavy (non-hydrogen) atoms. The summed E-state index contributed by atoms with van der Waals surface area (Å²) in [6.45, 7) is 0.558. The Bertz CT molecular complexity index is 807. The predicted octanol–water partition coefficient (Wildman–Crippen LogP) is 4.65.